The summed E-state index contributed by atoms with van der Waals surface area (Å²) in [6.07, 6.45) is 10.2. The Kier molecular flexibility index (Phi) is 5.29. The largest absolute Gasteiger partial charge is 0.458 e. The highest BCUT2D eigenvalue weighted by molar-refractivity contribution is 5.85. The quantitative estimate of drug-likeness (QED) is 0.645. The third-order valence-corrected chi connectivity index (χ3v) is 10.6. The molecule has 0 bridgehead atoms. The predicted octanol–water partition coefficient (Wildman–Crippen LogP) is 3.50. The van der Waals surface area contributed by atoms with Crippen molar-refractivity contribution in [3.05, 3.63) is 11.6 Å². The summed E-state index contributed by atoms with van der Waals surface area (Å²) >= 11 is 0. The Morgan fingerprint density at radius 1 is 1.16 bits per heavy atom. The summed E-state index contributed by atoms with van der Waals surface area (Å²) in [6, 6.07) is -0.652. The molecule has 3 N–H and O–H groups in total. The van der Waals surface area contributed by atoms with E-state index < -0.39 is 11.6 Å². The van der Waals surface area contributed by atoms with E-state index in [1.165, 1.54) is 0 Å². The fraction of sp³-hybridized carbons (Fsp3) is 0.846. The number of ether oxygens (including phenoxy) is 2. The van der Waals surface area contributed by atoms with Crippen LogP contribution in [0.15, 0.2) is 11.6 Å². The Morgan fingerprint density at radius 3 is 2.62 bits per heavy atom. The monoisotopic (exact) mass is 445 g/mol. The highest BCUT2D eigenvalue weighted by Gasteiger charge is 2.70. The summed E-state index contributed by atoms with van der Waals surface area (Å²) in [5.74, 6) is 0.946. The van der Waals surface area contributed by atoms with E-state index in [1.807, 2.05) is 0 Å². The van der Waals surface area contributed by atoms with Gasteiger partial charge in [-0.3, -0.25) is 4.79 Å². The Morgan fingerprint density at radius 2 is 1.94 bits per heavy atom. The van der Waals surface area contributed by atoms with Crippen LogP contribution in [0.4, 0.5) is 0 Å². The van der Waals surface area contributed by atoms with Crippen molar-refractivity contribution in [1.82, 2.24) is 0 Å². The lowest BCUT2D eigenvalue weighted by molar-refractivity contribution is -0.230. The van der Waals surface area contributed by atoms with Gasteiger partial charge in [-0.2, -0.15) is 0 Å². The van der Waals surface area contributed by atoms with Crippen molar-refractivity contribution >= 4 is 11.9 Å². The van der Waals surface area contributed by atoms with Crippen LogP contribution in [0.25, 0.3) is 0 Å². The van der Waals surface area contributed by atoms with Crippen LogP contribution in [0.2, 0.25) is 0 Å². The number of hydrogen-bond acceptors (Lipinski definition) is 6. The molecule has 5 rings (SSSR count). The lowest BCUT2D eigenvalue weighted by atomic mass is 9.43. The molecule has 4 aliphatic carbocycles. The SMILES string of the molecule is C[C@@H](N)C(=O)OC12CC[C@H](C3=CC(=O)OC3)[C@@]1(C)CC[C@H]1[C@H]2CCC2CC(O)CC[C@@]21C. The summed E-state index contributed by atoms with van der Waals surface area (Å²) in [6.45, 7) is 6.79. The maximum atomic E-state index is 13.0. The Bertz CT molecular complexity index is 838. The molecule has 6 heteroatoms. The van der Waals surface area contributed by atoms with E-state index in [4.69, 9.17) is 15.2 Å². The van der Waals surface area contributed by atoms with Gasteiger partial charge in [0.2, 0.25) is 0 Å². The molecule has 4 fully saturated rings. The van der Waals surface area contributed by atoms with E-state index in [-0.39, 0.29) is 34.8 Å². The molecular formula is C26H39NO5. The smallest absolute Gasteiger partial charge is 0.331 e. The molecule has 178 valence electrons. The average Bonchev–Trinajstić information content (AvgIpc) is 3.29. The zero-order valence-corrected chi connectivity index (χ0v) is 19.8. The number of hydrogen-bond donors (Lipinski definition) is 2. The summed E-state index contributed by atoms with van der Waals surface area (Å²) in [4.78, 5) is 24.8. The van der Waals surface area contributed by atoms with Gasteiger partial charge in [-0.1, -0.05) is 13.8 Å². The van der Waals surface area contributed by atoms with Gasteiger partial charge in [-0.25, -0.2) is 4.79 Å². The third kappa shape index (κ3) is 3.04. The number of esters is 2. The number of carbonyl (C=O) groups excluding carboxylic acids is 2. The number of carbonyl (C=O) groups is 2. The zero-order chi connectivity index (χ0) is 22.9. The molecule has 5 aliphatic rings. The van der Waals surface area contributed by atoms with E-state index in [0.29, 0.717) is 24.4 Å². The number of fused-ring (bicyclic) bond motifs is 5. The lowest BCUT2D eigenvalue weighted by Crippen LogP contribution is -2.64. The van der Waals surface area contributed by atoms with Crippen LogP contribution >= 0.6 is 0 Å². The van der Waals surface area contributed by atoms with Gasteiger partial charge < -0.3 is 20.3 Å². The lowest BCUT2D eigenvalue weighted by Gasteiger charge is -2.64. The van der Waals surface area contributed by atoms with Gasteiger partial charge in [-0.05, 0) is 93.5 Å². The molecule has 0 radical (unpaired) electrons. The topological polar surface area (TPSA) is 98.9 Å². The minimum absolute atomic E-state index is 0.175. The van der Waals surface area contributed by atoms with Crippen molar-refractivity contribution in [1.29, 1.82) is 0 Å². The van der Waals surface area contributed by atoms with Crippen LogP contribution in [0.1, 0.15) is 78.6 Å². The Balaban J connectivity index is 1.55. The first-order valence-corrected chi connectivity index (χ1v) is 12.6. The number of aliphatic hydroxyl groups is 1. The third-order valence-electron chi connectivity index (χ3n) is 10.6. The van der Waals surface area contributed by atoms with Crippen LogP contribution in [-0.2, 0) is 19.1 Å². The van der Waals surface area contributed by atoms with Crippen LogP contribution < -0.4 is 5.73 Å². The van der Waals surface area contributed by atoms with E-state index in [0.717, 1.165) is 63.4 Å². The standard InChI is InChI=1S/C26H39NO5/c1-15(27)23(30)32-26-11-8-19(16-12-22(29)31-14-16)25(26,3)10-7-20-21(26)5-4-17-13-18(28)6-9-24(17,20)2/h12,15,17-21,28H,4-11,13-14,27H2,1-3H3/t15-,17?,18?,19-,20+,21-,24+,25-,26?/m1/s1. The molecule has 3 unspecified atom stereocenters. The van der Waals surface area contributed by atoms with Gasteiger partial charge in [-0.15, -0.1) is 0 Å². The maximum absolute atomic E-state index is 13.0. The molecule has 0 aromatic heterocycles. The van der Waals surface area contributed by atoms with E-state index in [2.05, 4.69) is 13.8 Å². The van der Waals surface area contributed by atoms with Crippen molar-refractivity contribution in [2.24, 2.45) is 40.2 Å². The minimum atomic E-state index is -0.652. The summed E-state index contributed by atoms with van der Waals surface area (Å²) in [5, 5.41) is 10.3. The van der Waals surface area contributed by atoms with Crippen molar-refractivity contribution in [2.45, 2.75) is 96.3 Å². The van der Waals surface area contributed by atoms with Crippen LogP contribution in [0.3, 0.4) is 0 Å². The molecule has 0 amide bonds. The van der Waals surface area contributed by atoms with Gasteiger partial charge in [0.25, 0.3) is 0 Å². The second kappa shape index (κ2) is 7.56. The van der Waals surface area contributed by atoms with Crippen molar-refractivity contribution in [2.75, 3.05) is 6.61 Å². The van der Waals surface area contributed by atoms with E-state index in [1.54, 1.807) is 13.0 Å². The zero-order valence-electron chi connectivity index (χ0n) is 19.8. The first-order chi connectivity index (χ1) is 15.1. The second-order valence-corrected chi connectivity index (χ2v) is 11.9. The molecular weight excluding hydrogens is 406 g/mol. The molecule has 1 heterocycles. The molecule has 0 aromatic carbocycles. The van der Waals surface area contributed by atoms with E-state index >= 15 is 0 Å². The molecule has 0 saturated heterocycles. The highest BCUT2D eigenvalue weighted by atomic mass is 16.6. The van der Waals surface area contributed by atoms with Gasteiger partial charge in [0, 0.05) is 17.4 Å². The van der Waals surface area contributed by atoms with Gasteiger partial charge in [0.15, 0.2) is 0 Å². The summed E-state index contributed by atoms with van der Waals surface area (Å²) in [5.41, 5.74) is 6.45. The number of cyclic esters (lactones) is 1. The fourth-order valence-corrected chi connectivity index (χ4v) is 8.87. The van der Waals surface area contributed by atoms with Crippen molar-refractivity contribution < 1.29 is 24.2 Å². The molecule has 4 saturated carbocycles. The number of nitrogens with two attached hydrogens (primary N) is 1. The maximum Gasteiger partial charge on any atom is 0.331 e. The van der Waals surface area contributed by atoms with Crippen LogP contribution in [-0.4, -0.2) is 41.4 Å². The van der Waals surface area contributed by atoms with Gasteiger partial charge in [0.1, 0.15) is 18.2 Å². The van der Waals surface area contributed by atoms with E-state index in [9.17, 15) is 14.7 Å². The fourth-order valence-electron chi connectivity index (χ4n) is 8.87. The van der Waals surface area contributed by atoms with Crippen molar-refractivity contribution in [3.8, 4) is 0 Å². The Hall–Kier alpha value is -1.40. The first kappa shape index (κ1) is 22.4. The molecule has 32 heavy (non-hydrogen) atoms. The molecule has 0 aromatic rings. The van der Waals surface area contributed by atoms with Crippen LogP contribution in [0, 0.1) is 34.5 Å². The first-order valence-electron chi connectivity index (χ1n) is 12.6. The average molecular weight is 446 g/mol. The normalized spacial score (nSPS) is 48.7. The number of aliphatic hydroxyl groups excluding tert-OH is 1. The second-order valence-electron chi connectivity index (χ2n) is 11.9. The van der Waals surface area contributed by atoms with Crippen LogP contribution in [0.5, 0.6) is 0 Å². The molecule has 1 aliphatic heterocycles. The predicted molar refractivity (Wildman–Crippen MR) is 119 cm³/mol. The Labute approximate surface area is 191 Å². The van der Waals surface area contributed by atoms with Crippen molar-refractivity contribution in [3.63, 3.8) is 0 Å². The highest BCUT2D eigenvalue weighted by Crippen LogP contribution is 2.71. The summed E-state index contributed by atoms with van der Waals surface area (Å²) < 4.78 is 11.8. The molecule has 9 atom stereocenters. The van der Waals surface area contributed by atoms with Gasteiger partial charge >= 0.3 is 11.9 Å². The minimum Gasteiger partial charge on any atom is -0.458 e. The molecule has 6 nitrogen and oxygen atoms in total. The number of rotatable bonds is 3. The summed E-state index contributed by atoms with van der Waals surface area (Å²) in [7, 11) is 0. The molecule has 0 spiro atoms. The van der Waals surface area contributed by atoms with Gasteiger partial charge in [0.05, 0.1) is 6.10 Å².